The lowest BCUT2D eigenvalue weighted by molar-refractivity contribution is 0.178. The number of likely N-dealkylation sites (tertiary alicyclic amines) is 1. The number of piperidine rings is 1. The van der Waals surface area contributed by atoms with Crippen molar-refractivity contribution in [3.8, 4) is 0 Å². The molecule has 1 aliphatic heterocycles. The summed E-state index contributed by atoms with van der Waals surface area (Å²) in [6.45, 7) is 4.35. The van der Waals surface area contributed by atoms with Crippen LogP contribution in [-0.4, -0.2) is 42.3 Å². The third-order valence-electron chi connectivity index (χ3n) is 3.01. The molecular formula is C12H20N2OS. The average molecular weight is 240 g/mol. The van der Waals surface area contributed by atoms with Crippen molar-refractivity contribution in [2.75, 3.05) is 26.2 Å². The fourth-order valence-corrected chi connectivity index (χ4v) is 3.00. The molecule has 0 aromatic carbocycles. The largest absolute Gasteiger partial charge is 0.395 e. The summed E-state index contributed by atoms with van der Waals surface area (Å²) in [6, 6.07) is 4.88. The standard InChI is InChI=1S/C12H20N2OS/c15-7-5-13-11-3-1-6-14(9-11)10-12-4-2-8-16-12/h2,4,8,11,13,15H,1,3,5-7,9-10H2. The Bertz CT molecular complexity index is 289. The van der Waals surface area contributed by atoms with Crippen LogP contribution in [0.2, 0.25) is 0 Å². The molecule has 90 valence electrons. The van der Waals surface area contributed by atoms with Crippen LogP contribution in [0.3, 0.4) is 0 Å². The fraction of sp³-hybridized carbons (Fsp3) is 0.667. The highest BCUT2D eigenvalue weighted by Gasteiger charge is 2.19. The summed E-state index contributed by atoms with van der Waals surface area (Å²) in [4.78, 5) is 3.95. The van der Waals surface area contributed by atoms with Crippen LogP contribution < -0.4 is 5.32 Å². The molecule has 16 heavy (non-hydrogen) atoms. The molecule has 1 aromatic rings. The summed E-state index contributed by atoms with van der Waals surface area (Å²) < 4.78 is 0. The van der Waals surface area contributed by atoms with Crippen LogP contribution >= 0.6 is 11.3 Å². The summed E-state index contributed by atoms with van der Waals surface area (Å²) >= 11 is 1.83. The first-order valence-electron chi connectivity index (χ1n) is 5.97. The van der Waals surface area contributed by atoms with Crippen LogP contribution in [0.25, 0.3) is 0 Å². The zero-order valence-electron chi connectivity index (χ0n) is 9.56. The van der Waals surface area contributed by atoms with Gasteiger partial charge in [0.05, 0.1) is 6.61 Å². The van der Waals surface area contributed by atoms with E-state index in [2.05, 4.69) is 27.7 Å². The van der Waals surface area contributed by atoms with E-state index in [0.717, 1.165) is 19.6 Å². The first-order chi connectivity index (χ1) is 7.88. The second-order valence-corrected chi connectivity index (χ2v) is 5.36. The summed E-state index contributed by atoms with van der Waals surface area (Å²) in [7, 11) is 0. The van der Waals surface area contributed by atoms with Crippen LogP contribution in [0.15, 0.2) is 17.5 Å². The molecule has 2 N–H and O–H groups in total. The van der Waals surface area contributed by atoms with E-state index < -0.39 is 0 Å². The summed E-state index contributed by atoms with van der Waals surface area (Å²) in [6.07, 6.45) is 2.50. The van der Waals surface area contributed by atoms with Crippen LogP contribution in [-0.2, 0) is 6.54 Å². The second kappa shape index (κ2) is 6.35. The minimum absolute atomic E-state index is 0.238. The van der Waals surface area contributed by atoms with Gasteiger partial charge >= 0.3 is 0 Å². The number of nitrogens with zero attached hydrogens (tertiary/aromatic N) is 1. The number of thiophene rings is 1. The van der Waals surface area contributed by atoms with E-state index in [-0.39, 0.29) is 6.61 Å². The van der Waals surface area contributed by atoms with Crippen molar-refractivity contribution in [1.29, 1.82) is 0 Å². The molecule has 0 aliphatic carbocycles. The van der Waals surface area contributed by atoms with Crippen LogP contribution in [0.4, 0.5) is 0 Å². The molecule has 0 spiro atoms. The maximum atomic E-state index is 8.80. The topological polar surface area (TPSA) is 35.5 Å². The third-order valence-corrected chi connectivity index (χ3v) is 3.87. The van der Waals surface area contributed by atoms with Gasteiger partial charge in [-0.25, -0.2) is 0 Å². The minimum Gasteiger partial charge on any atom is -0.395 e. The van der Waals surface area contributed by atoms with Crippen molar-refractivity contribution >= 4 is 11.3 Å². The first-order valence-corrected chi connectivity index (χ1v) is 6.85. The lowest BCUT2D eigenvalue weighted by atomic mass is 10.1. The van der Waals surface area contributed by atoms with Gasteiger partial charge in [-0.1, -0.05) is 6.07 Å². The van der Waals surface area contributed by atoms with Gasteiger partial charge in [0.2, 0.25) is 0 Å². The Labute approximate surface area is 101 Å². The third kappa shape index (κ3) is 3.56. The number of hydrogen-bond acceptors (Lipinski definition) is 4. The Kier molecular flexibility index (Phi) is 4.78. The molecule has 0 radical (unpaired) electrons. The molecule has 1 aromatic heterocycles. The summed E-state index contributed by atoms with van der Waals surface area (Å²) in [5.41, 5.74) is 0. The molecule has 2 rings (SSSR count). The van der Waals surface area contributed by atoms with Crippen molar-refractivity contribution in [3.63, 3.8) is 0 Å². The van der Waals surface area contributed by atoms with Crippen LogP contribution in [0, 0.1) is 0 Å². The molecule has 0 bridgehead atoms. The molecule has 0 saturated carbocycles. The van der Waals surface area contributed by atoms with E-state index >= 15 is 0 Å². The van der Waals surface area contributed by atoms with Crippen molar-refractivity contribution < 1.29 is 5.11 Å². The summed E-state index contributed by atoms with van der Waals surface area (Å²) in [5, 5.41) is 14.3. The quantitative estimate of drug-likeness (QED) is 0.814. The van der Waals surface area contributed by atoms with E-state index in [4.69, 9.17) is 5.11 Å². The molecular weight excluding hydrogens is 220 g/mol. The Morgan fingerprint density at radius 3 is 3.25 bits per heavy atom. The SMILES string of the molecule is OCCNC1CCCN(Cc2cccs2)C1. The fourth-order valence-electron chi connectivity index (χ4n) is 2.26. The molecule has 1 unspecified atom stereocenters. The molecule has 0 amide bonds. The lowest BCUT2D eigenvalue weighted by Gasteiger charge is -2.32. The predicted molar refractivity (Wildman–Crippen MR) is 67.7 cm³/mol. The van der Waals surface area contributed by atoms with Gasteiger partial charge < -0.3 is 10.4 Å². The van der Waals surface area contributed by atoms with E-state index in [1.54, 1.807) is 0 Å². The highest BCUT2D eigenvalue weighted by molar-refractivity contribution is 7.09. The van der Waals surface area contributed by atoms with Gasteiger partial charge in [0.25, 0.3) is 0 Å². The molecule has 1 aliphatic rings. The minimum atomic E-state index is 0.238. The normalized spacial score (nSPS) is 22.4. The highest BCUT2D eigenvalue weighted by Crippen LogP contribution is 2.16. The Hall–Kier alpha value is -0.420. The number of aliphatic hydroxyl groups is 1. The van der Waals surface area contributed by atoms with Gasteiger partial charge in [0, 0.05) is 30.6 Å². The molecule has 3 nitrogen and oxygen atoms in total. The van der Waals surface area contributed by atoms with Gasteiger partial charge in [-0.2, -0.15) is 0 Å². The van der Waals surface area contributed by atoms with Crippen molar-refractivity contribution in [3.05, 3.63) is 22.4 Å². The van der Waals surface area contributed by atoms with E-state index in [1.165, 1.54) is 24.3 Å². The van der Waals surface area contributed by atoms with Gasteiger partial charge in [0.1, 0.15) is 0 Å². The molecule has 1 atom stereocenters. The number of rotatable bonds is 5. The number of hydrogen-bond donors (Lipinski definition) is 2. The van der Waals surface area contributed by atoms with Crippen LogP contribution in [0.1, 0.15) is 17.7 Å². The zero-order valence-corrected chi connectivity index (χ0v) is 10.4. The van der Waals surface area contributed by atoms with E-state index in [9.17, 15) is 0 Å². The number of aliphatic hydroxyl groups excluding tert-OH is 1. The molecule has 2 heterocycles. The lowest BCUT2D eigenvalue weighted by Crippen LogP contribution is -2.45. The van der Waals surface area contributed by atoms with Gasteiger partial charge in [-0.3, -0.25) is 4.90 Å². The Balaban J connectivity index is 1.77. The van der Waals surface area contributed by atoms with Crippen molar-refractivity contribution in [1.82, 2.24) is 10.2 Å². The summed E-state index contributed by atoms with van der Waals surface area (Å²) in [5.74, 6) is 0. The van der Waals surface area contributed by atoms with Gasteiger partial charge in [-0.05, 0) is 30.8 Å². The van der Waals surface area contributed by atoms with E-state index in [0.29, 0.717) is 6.04 Å². The van der Waals surface area contributed by atoms with Gasteiger partial charge in [0.15, 0.2) is 0 Å². The smallest absolute Gasteiger partial charge is 0.0556 e. The highest BCUT2D eigenvalue weighted by atomic mass is 32.1. The molecule has 1 fully saturated rings. The maximum absolute atomic E-state index is 8.80. The van der Waals surface area contributed by atoms with Crippen LogP contribution in [0.5, 0.6) is 0 Å². The Morgan fingerprint density at radius 1 is 1.56 bits per heavy atom. The predicted octanol–water partition coefficient (Wildman–Crippen LogP) is 1.29. The van der Waals surface area contributed by atoms with Crippen molar-refractivity contribution in [2.45, 2.75) is 25.4 Å². The van der Waals surface area contributed by atoms with Gasteiger partial charge in [-0.15, -0.1) is 11.3 Å². The molecule has 1 saturated heterocycles. The average Bonchev–Trinajstić information content (AvgIpc) is 2.80. The number of nitrogens with one attached hydrogen (secondary N) is 1. The monoisotopic (exact) mass is 240 g/mol. The maximum Gasteiger partial charge on any atom is 0.0556 e. The molecule has 4 heteroatoms. The van der Waals surface area contributed by atoms with Crippen molar-refractivity contribution in [2.24, 2.45) is 0 Å². The second-order valence-electron chi connectivity index (χ2n) is 4.33. The first kappa shape index (κ1) is 12.0. The zero-order chi connectivity index (χ0) is 11.2. The van der Waals surface area contributed by atoms with E-state index in [1.807, 2.05) is 11.3 Å². The Morgan fingerprint density at radius 2 is 2.50 bits per heavy atom.